The standard InChI is InChI=1S/C26H40/c1-3-7-23(8-4-1)25-17-13-21(14-18-25)11-12-22-15-19-26(20-16-22)24-9-5-2-6-10-24/h1,3-4,7-8,21-22,24-26H,2,5-6,9-20H2. The largest absolute Gasteiger partial charge is 0.0622 e. The summed E-state index contributed by atoms with van der Waals surface area (Å²) >= 11 is 0. The molecule has 0 atom stereocenters. The lowest BCUT2D eigenvalue weighted by molar-refractivity contribution is 0.157. The molecule has 0 aromatic heterocycles. The lowest BCUT2D eigenvalue weighted by Gasteiger charge is -2.36. The zero-order valence-electron chi connectivity index (χ0n) is 16.9. The first kappa shape index (κ1) is 18.6. The first-order valence-corrected chi connectivity index (χ1v) is 11.9. The molecule has 144 valence electrons. The van der Waals surface area contributed by atoms with E-state index >= 15 is 0 Å². The summed E-state index contributed by atoms with van der Waals surface area (Å²) in [7, 11) is 0. The van der Waals surface area contributed by atoms with E-state index in [1.807, 2.05) is 0 Å². The number of rotatable bonds is 5. The van der Waals surface area contributed by atoms with Crippen LogP contribution in [-0.2, 0) is 0 Å². The van der Waals surface area contributed by atoms with E-state index in [1.54, 1.807) is 44.1 Å². The summed E-state index contributed by atoms with van der Waals surface area (Å²) in [6.45, 7) is 0. The topological polar surface area (TPSA) is 0 Å². The Bertz CT molecular complexity index is 496. The summed E-state index contributed by atoms with van der Waals surface area (Å²) in [5, 5.41) is 0. The van der Waals surface area contributed by atoms with Crippen LogP contribution in [0.25, 0.3) is 0 Å². The van der Waals surface area contributed by atoms with E-state index in [2.05, 4.69) is 30.3 Å². The first-order valence-electron chi connectivity index (χ1n) is 11.9. The minimum atomic E-state index is 0.846. The zero-order valence-corrected chi connectivity index (χ0v) is 16.9. The average molecular weight is 353 g/mol. The molecule has 3 aliphatic rings. The van der Waals surface area contributed by atoms with Gasteiger partial charge in [-0.1, -0.05) is 88.1 Å². The smallest absolute Gasteiger partial charge is 0.0162 e. The molecule has 3 saturated carbocycles. The lowest BCUT2D eigenvalue weighted by Crippen LogP contribution is -2.24. The lowest BCUT2D eigenvalue weighted by atomic mass is 9.69. The van der Waals surface area contributed by atoms with Crippen LogP contribution in [0, 0.1) is 23.7 Å². The van der Waals surface area contributed by atoms with Crippen LogP contribution in [0.1, 0.15) is 108 Å². The van der Waals surface area contributed by atoms with Gasteiger partial charge in [0.25, 0.3) is 0 Å². The number of hydrogen-bond donors (Lipinski definition) is 0. The van der Waals surface area contributed by atoms with Gasteiger partial charge in [-0.15, -0.1) is 0 Å². The highest BCUT2D eigenvalue weighted by Crippen LogP contribution is 2.43. The molecule has 0 heteroatoms. The molecule has 1 aromatic rings. The highest BCUT2D eigenvalue weighted by Gasteiger charge is 2.29. The van der Waals surface area contributed by atoms with Gasteiger partial charge in [0.2, 0.25) is 0 Å². The van der Waals surface area contributed by atoms with E-state index in [0.29, 0.717) is 0 Å². The fraction of sp³-hybridized carbons (Fsp3) is 0.769. The molecule has 0 bridgehead atoms. The van der Waals surface area contributed by atoms with E-state index in [1.165, 1.54) is 57.8 Å². The fourth-order valence-corrected chi connectivity index (χ4v) is 6.53. The second-order valence-electron chi connectivity index (χ2n) is 9.88. The van der Waals surface area contributed by atoms with Crippen molar-refractivity contribution in [1.29, 1.82) is 0 Å². The van der Waals surface area contributed by atoms with Gasteiger partial charge in [0.1, 0.15) is 0 Å². The Labute approximate surface area is 162 Å². The van der Waals surface area contributed by atoms with Gasteiger partial charge in [-0.2, -0.15) is 0 Å². The fourth-order valence-electron chi connectivity index (χ4n) is 6.53. The Hall–Kier alpha value is -0.780. The molecule has 0 N–H and O–H groups in total. The summed E-state index contributed by atoms with van der Waals surface area (Å²) in [5.74, 6) is 5.16. The van der Waals surface area contributed by atoms with Gasteiger partial charge in [0, 0.05) is 0 Å². The van der Waals surface area contributed by atoms with Crippen molar-refractivity contribution >= 4 is 0 Å². The molecule has 0 saturated heterocycles. The maximum atomic E-state index is 2.34. The predicted molar refractivity (Wildman–Crippen MR) is 112 cm³/mol. The van der Waals surface area contributed by atoms with Gasteiger partial charge >= 0.3 is 0 Å². The van der Waals surface area contributed by atoms with Crippen molar-refractivity contribution in [1.82, 2.24) is 0 Å². The van der Waals surface area contributed by atoms with Crippen LogP contribution in [0.4, 0.5) is 0 Å². The van der Waals surface area contributed by atoms with Gasteiger partial charge in [-0.3, -0.25) is 0 Å². The number of hydrogen-bond acceptors (Lipinski definition) is 0. The van der Waals surface area contributed by atoms with Crippen LogP contribution in [0.5, 0.6) is 0 Å². The average Bonchev–Trinajstić information content (AvgIpc) is 2.74. The van der Waals surface area contributed by atoms with Gasteiger partial charge in [-0.25, -0.2) is 0 Å². The van der Waals surface area contributed by atoms with Gasteiger partial charge in [0.05, 0.1) is 0 Å². The highest BCUT2D eigenvalue weighted by atomic mass is 14.3. The molecule has 0 nitrogen and oxygen atoms in total. The Morgan fingerprint density at radius 1 is 0.538 bits per heavy atom. The molecule has 0 spiro atoms. The molecule has 26 heavy (non-hydrogen) atoms. The van der Waals surface area contributed by atoms with E-state index in [4.69, 9.17) is 0 Å². The monoisotopic (exact) mass is 352 g/mol. The molecule has 0 radical (unpaired) electrons. The van der Waals surface area contributed by atoms with Crippen molar-refractivity contribution in [3.63, 3.8) is 0 Å². The number of benzene rings is 1. The van der Waals surface area contributed by atoms with Crippen molar-refractivity contribution < 1.29 is 0 Å². The normalized spacial score (nSPS) is 33.8. The molecule has 0 aliphatic heterocycles. The molecule has 0 unspecified atom stereocenters. The summed E-state index contributed by atoms with van der Waals surface area (Å²) in [5.41, 5.74) is 1.59. The van der Waals surface area contributed by atoms with Gasteiger partial charge < -0.3 is 0 Å². The van der Waals surface area contributed by atoms with E-state index < -0.39 is 0 Å². The van der Waals surface area contributed by atoms with Gasteiger partial charge in [0.15, 0.2) is 0 Å². The molecule has 3 fully saturated rings. The minimum absolute atomic E-state index is 0.846. The quantitative estimate of drug-likeness (QED) is 0.502. The van der Waals surface area contributed by atoms with E-state index in [-0.39, 0.29) is 0 Å². The van der Waals surface area contributed by atoms with Crippen LogP contribution in [0.15, 0.2) is 30.3 Å². The van der Waals surface area contributed by atoms with E-state index in [9.17, 15) is 0 Å². The minimum Gasteiger partial charge on any atom is -0.0622 e. The molecule has 3 aliphatic carbocycles. The van der Waals surface area contributed by atoms with Gasteiger partial charge in [-0.05, 0) is 73.7 Å². The predicted octanol–water partition coefficient (Wildman–Crippen LogP) is 8.13. The van der Waals surface area contributed by atoms with Crippen LogP contribution in [0.2, 0.25) is 0 Å². The molecule has 1 aromatic carbocycles. The molecule has 0 amide bonds. The Morgan fingerprint density at radius 3 is 1.69 bits per heavy atom. The Morgan fingerprint density at radius 2 is 1.08 bits per heavy atom. The maximum absolute atomic E-state index is 2.34. The molecular formula is C26H40. The third-order valence-corrected chi connectivity index (χ3v) is 8.31. The third kappa shape index (κ3) is 4.93. The summed E-state index contributed by atoms with van der Waals surface area (Å²) in [6.07, 6.45) is 22.8. The van der Waals surface area contributed by atoms with Crippen molar-refractivity contribution in [3.05, 3.63) is 35.9 Å². The molecule has 0 heterocycles. The zero-order chi connectivity index (χ0) is 17.6. The van der Waals surface area contributed by atoms with Crippen molar-refractivity contribution in [2.45, 2.75) is 102 Å². The second kappa shape index (κ2) is 9.43. The highest BCUT2D eigenvalue weighted by molar-refractivity contribution is 5.19. The summed E-state index contributed by atoms with van der Waals surface area (Å²) in [4.78, 5) is 0. The van der Waals surface area contributed by atoms with Crippen LogP contribution < -0.4 is 0 Å². The SMILES string of the molecule is c1ccc(C2CCC(CCC3CCC(C4CCCCC4)CC3)CC2)cc1. The van der Waals surface area contributed by atoms with Crippen LogP contribution in [0.3, 0.4) is 0 Å². The maximum Gasteiger partial charge on any atom is -0.0162 e. The Kier molecular flexibility index (Phi) is 6.74. The van der Waals surface area contributed by atoms with Crippen LogP contribution in [-0.4, -0.2) is 0 Å². The first-order chi connectivity index (χ1) is 12.9. The summed E-state index contributed by atoms with van der Waals surface area (Å²) < 4.78 is 0. The molecular weight excluding hydrogens is 312 g/mol. The second-order valence-corrected chi connectivity index (χ2v) is 9.88. The third-order valence-electron chi connectivity index (χ3n) is 8.31. The van der Waals surface area contributed by atoms with Crippen LogP contribution >= 0.6 is 0 Å². The summed E-state index contributed by atoms with van der Waals surface area (Å²) in [6, 6.07) is 11.3. The van der Waals surface area contributed by atoms with Crippen molar-refractivity contribution in [3.8, 4) is 0 Å². The molecule has 4 rings (SSSR count). The Balaban J connectivity index is 1.14. The van der Waals surface area contributed by atoms with E-state index in [0.717, 1.165) is 29.6 Å². The van der Waals surface area contributed by atoms with Crippen molar-refractivity contribution in [2.24, 2.45) is 23.7 Å². The van der Waals surface area contributed by atoms with Crippen molar-refractivity contribution in [2.75, 3.05) is 0 Å².